The third kappa shape index (κ3) is 6.07. The van der Waals surface area contributed by atoms with Crippen molar-refractivity contribution >= 4 is 30.9 Å². The molecule has 2 fully saturated rings. The number of benzene rings is 1. The lowest BCUT2D eigenvalue weighted by Gasteiger charge is -2.48. The van der Waals surface area contributed by atoms with E-state index in [1.807, 2.05) is 36.7 Å². The van der Waals surface area contributed by atoms with Crippen LogP contribution in [0, 0.1) is 11.8 Å². The van der Waals surface area contributed by atoms with Gasteiger partial charge >= 0.3 is 0 Å². The minimum absolute atomic E-state index is 0.0278. The number of aromatic nitrogens is 2. The summed E-state index contributed by atoms with van der Waals surface area (Å²) in [6.07, 6.45) is 5.22. The Kier molecular flexibility index (Phi) is 7.84. The topological polar surface area (TPSA) is 68.5 Å². The van der Waals surface area contributed by atoms with Crippen LogP contribution in [0.25, 0.3) is 11.1 Å². The third-order valence-electron chi connectivity index (χ3n) is 10.0. The fraction of sp³-hybridized carbons (Fsp3) is 0.472. The Balaban J connectivity index is 1.15. The number of anilines is 1. The van der Waals surface area contributed by atoms with Crippen molar-refractivity contribution in [1.82, 2.24) is 9.97 Å². The van der Waals surface area contributed by atoms with E-state index < -0.39 is 8.32 Å². The number of pyridine rings is 2. The molecule has 4 heterocycles. The van der Waals surface area contributed by atoms with Crippen LogP contribution < -0.4 is 4.90 Å². The third-order valence-corrected chi connectivity index (χ3v) is 14.5. The van der Waals surface area contributed by atoms with E-state index in [9.17, 15) is 4.79 Å². The maximum absolute atomic E-state index is 13.5. The number of piperidine rings is 1. The Morgan fingerprint density at radius 3 is 2.44 bits per heavy atom. The number of hydrogen-bond donors (Lipinski definition) is 0. The minimum Gasteiger partial charge on any atom is -0.442 e. The number of carbonyl (C=O) groups is 1. The monoisotopic (exact) mass is 595 g/mol. The molecule has 1 saturated heterocycles. The fourth-order valence-electron chi connectivity index (χ4n) is 6.47. The van der Waals surface area contributed by atoms with Gasteiger partial charge in [-0.3, -0.25) is 9.78 Å². The van der Waals surface area contributed by atoms with E-state index in [4.69, 9.17) is 8.84 Å². The number of fused-ring (bicyclic) bond motifs is 1. The van der Waals surface area contributed by atoms with Crippen molar-refractivity contribution in [3.8, 4) is 0 Å². The molecule has 1 saturated carbocycles. The number of ketones is 1. The highest BCUT2D eigenvalue weighted by atomic mass is 28.4. The Morgan fingerprint density at radius 2 is 1.74 bits per heavy atom. The van der Waals surface area contributed by atoms with Crippen molar-refractivity contribution in [3.05, 3.63) is 89.6 Å². The first-order valence-electron chi connectivity index (χ1n) is 15.8. The number of nitrogens with zero attached hydrogens (tertiary/aromatic N) is 3. The van der Waals surface area contributed by atoms with Crippen molar-refractivity contribution in [3.63, 3.8) is 0 Å². The van der Waals surface area contributed by atoms with E-state index in [1.54, 1.807) is 0 Å². The van der Waals surface area contributed by atoms with Crippen LogP contribution in [0.2, 0.25) is 18.1 Å². The van der Waals surface area contributed by atoms with Gasteiger partial charge in [-0.1, -0.05) is 65.0 Å². The molecule has 43 heavy (non-hydrogen) atoms. The molecule has 0 bridgehead atoms. The van der Waals surface area contributed by atoms with Crippen LogP contribution in [0.3, 0.4) is 0 Å². The summed E-state index contributed by atoms with van der Waals surface area (Å²) >= 11 is 0. The molecule has 6 nitrogen and oxygen atoms in total. The molecule has 0 N–H and O–H groups in total. The summed E-state index contributed by atoms with van der Waals surface area (Å²) in [5.74, 6) is 2.54. The summed E-state index contributed by atoms with van der Waals surface area (Å²) in [6, 6.07) is 18.5. The van der Waals surface area contributed by atoms with Gasteiger partial charge in [0, 0.05) is 54.5 Å². The standard InChI is InChI=1S/C36H45N3O3Si/c1-23-21-39(22-24(2)34(23)42-43(6,7)36(3,4)5)31-15-16-37-20-27(31)17-32(40)30-14-13-26-18-33(41-35(26)38-30)29-19-28(29)25-11-9-8-10-12-25/h8-16,18,20,23-24,28-29,34H,17,19,21-22H2,1-7H3/t23-,24+,28-,29+,34?/m0/s1. The number of carbonyl (C=O) groups excluding carboxylic acids is 1. The van der Waals surface area contributed by atoms with Gasteiger partial charge in [0.05, 0.1) is 6.10 Å². The van der Waals surface area contributed by atoms with Crippen LogP contribution >= 0.6 is 0 Å². The van der Waals surface area contributed by atoms with Gasteiger partial charge in [0.1, 0.15) is 11.5 Å². The van der Waals surface area contributed by atoms with Crippen molar-refractivity contribution in [2.24, 2.45) is 11.8 Å². The first-order valence-corrected chi connectivity index (χ1v) is 18.7. The normalized spacial score (nSPS) is 24.3. The highest BCUT2D eigenvalue weighted by Gasteiger charge is 2.44. The van der Waals surface area contributed by atoms with E-state index in [1.165, 1.54) is 5.56 Å². The van der Waals surface area contributed by atoms with Gasteiger partial charge in [0.25, 0.3) is 0 Å². The van der Waals surface area contributed by atoms with Gasteiger partial charge in [0.15, 0.2) is 14.1 Å². The molecular formula is C36H45N3O3Si. The molecule has 0 spiro atoms. The molecule has 3 aromatic heterocycles. The second kappa shape index (κ2) is 11.3. The molecular weight excluding hydrogens is 551 g/mol. The van der Waals surface area contributed by atoms with Gasteiger partial charge < -0.3 is 13.7 Å². The molecule has 1 aromatic carbocycles. The van der Waals surface area contributed by atoms with Gasteiger partial charge in [-0.2, -0.15) is 0 Å². The highest BCUT2D eigenvalue weighted by Crippen LogP contribution is 2.55. The second-order valence-electron chi connectivity index (χ2n) is 14.4. The summed E-state index contributed by atoms with van der Waals surface area (Å²) in [5, 5.41) is 1.12. The molecule has 6 rings (SSSR count). The predicted molar refractivity (Wildman–Crippen MR) is 175 cm³/mol. The van der Waals surface area contributed by atoms with Crippen LogP contribution in [0.15, 0.2) is 71.4 Å². The van der Waals surface area contributed by atoms with Gasteiger partial charge in [-0.25, -0.2) is 4.98 Å². The van der Waals surface area contributed by atoms with Gasteiger partial charge in [0.2, 0.25) is 5.71 Å². The fourth-order valence-corrected chi connectivity index (χ4v) is 7.96. The molecule has 7 heteroatoms. The van der Waals surface area contributed by atoms with Crippen molar-refractivity contribution < 1.29 is 13.6 Å². The zero-order chi connectivity index (χ0) is 30.5. The van der Waals surface area contributed by atoms with Crippen LogP contribution in [-0.4, -0.2) is 43.3 Å². The lowest BCUT2D eigenvalue weighted by molar-refractivity contribution is 0.0627. The van der Waals surface area contributed by atoms with E-state index >= 15 is 0 Å². The van der Waals surface area contributed by atoms with Crippen molar-refractivity contribution in [2.45, 2.75) is 83.5 Å². The average molecular weight is 596 g/mol. The van der Waals surface area contributed by atoms with Gasteiger partial charge in [-0.05, 0) is 72.1 Å². The van der Waals surface area contributed by atoms with Crippen LogP contribution in [0.5, 0.6) is 0 Å². The molecule has 2 aliphatic rings. The Hall–Kier alpha value is -3.29. The van der Waals surface area contributed by atoms with Crippen molar-refractivity contribution in [2.75, 3.05) is 18.0 Å². The quantitative estimate of drug-likeness (QED) is 0.150. The lowest BCUT2D eigenvalue weighted by Crippen LogP contribution is -2.54. The summed E-state index contributed by atoms with van der Waals surface area (Å²) in [7, 11) is -1.88. The number of Topliss-reactive ketones (excluding diaryl/α,β-unsaturated/α-hetero) is 1. The van der Waals surface area contributed by atoms with Crippen molar-refractivity contribution in [1.29, 1.82) is 0 Å². The summed E-state index contributed by atoms with van der Waals surface area (Å²) < 4.78 is 13.1. The summed E-state index contributed by atoms with van der Waals surface area (Å²) in [4.78, 5) is 25.0. The van der Waals surface area contributed by atoms with E-state index in [-0.39, 0.29) is 23.3 Å². The SMILES string of the molecule is C[C@@H]1CN(c2ccncc2CC(=O)c2ccc3cc([C@@H]4C[C@H]4c4ccccc4)oc3n2)C[C@H](C)C1O[Si](C)(C)C(C)(C)C. The predicted octanol–water partition coefficient (Wildman–Crippen LogP) is 8.40. The Bertz CT molecular complexity index is 1600. The smallest absolute Gasteiger partial charge is 0.226 e. The Labute approximate surface area is 257 Å². The molecule has 226 valence electrons. The number of hydrogen-bond acceptors (Lipinski definition) is 6. The van der Waals surface area contributed by atoms with E-state index in [0.29, 0.717) is 35.1 Å². The number of furan rings is 1. The van der Waals surface area contributed by atoms with Crippen LogP contribution in [0.4, 0.5) is 5.69 Å². The molecule has 1 unspecified atom stereocenters. The maximum Gasteiger partial charge on any atom is 0.226 e. The van der Waals surface area contributed by atoms with E-state index in [0.717, 1.165) is 41.9 Å². The first-order chi connectivity index (χ1) is 20.4. The lowest BCUT2D eigenvalue weighted by atomic mass is 9.87. The summed E-state index contributed by atoms with van der Waals surface area (Å²) in [6.45, 7) is 18.0. The molecule has 1 aliphatic heterocycles. The average Bonchev–Trinajstić information content (AvgIpc) is 3.66. The van der Waals surface area contributed by atoms with E-state index in [2.05, 4.69) is 92.9 Å². The van der Waals surface area contributed by atoms with Crippen LogP contribution in [0.1, 0.15) is 80.3 Å². The zero-order valence-corrected chi connectivity index (χ0v) is 27.6. The van der Waals surface area contributed by atoms with Crippen LogP contribution in [-0.2, 0) is 10.8 Å². The number of rotatable bonds is 8. The molecule has 1 aliphatic carbocycles. The molecule has 5 atom stereocenters. The Morgan fingerprint density at radius 1 is 1.02 bits per heavy atom. The zero-order valence-electron chi connectivity index (χ0n) is 26.6. The molecule has 0 radical (unpaired) electrons. The minimum atomic E-state index is -1.88. The molecule has 0 amide bonds. The first kappa shape index (κ1) is 29.8. The van der Waals surface area contributed by atoms with Gasteiger partial charge in [-0.15, -0.1) is 0 Å². The largest absolute Gasteiger partial charge is 0.442 e. The maximum atomic E-state index is 13.5. The second-order valence-corrected chi connectivity index (χ2v) is 19.2. The summed E-state index contributed by atoms with van der Waals surface area (Å²) in [5.41, 5.74) is 4.33. The highest BCUT2D eigenvalue weighted by molar-refractivity contribution is 6.74. The molecule has 4 aromatic rings.